The minimum absolute atomic E-state index is 0.211. The Morgan fingerprint density at radius 3 is 2.88 bits per heavy atom. The summed E-state index contributed by atoms with van der Waals surface area (Å²) in [4.78, 5) is 2.39. The Balaban J connectivity index is 1.86. The van der Waals surface area contributed by atoms with E-state index in [-0.39, 0.29) is 11.5 Å². The summed E-state index contributed by atoms with van der Waals surface area (Å²) in [6.45, 7) is 4.74. The van der Waals surface area contributed by atoms with Gasteiger partial charge >= 0.3 is 0 Å². The summed E-state index contributed by atoms with van der Waals surface area (Å²) >= 11 is 0. The first kappa shape index (κ1) is 13.3. The van der Waals surface area contributed by atoms with Gasteiger partial charge in [-0.05, 0) is 32.2 Å². The molecule has 1 N–H and O–H groups in total. The highest BCUT2D eigenvalue weighted by Crippen LogP contribution is 2.38. The molecule has 0 saturated carbocycles. The zero-order valence-corrected chi connectivity index (χ0v) is 11.4. The van der Waals surface area contributed by atoms with E-state index < -0.39 is 15.4 Å². The lowest BCUT2D eigenvalue weighted by Crippen LogP contribution is -2.46. The predicted molar refractivity (Wildman–Crippen MR) is 67.7 cm³/mol. The Hall–Kier alpha value is -0.130. The van der Waals surface area contributed by atoms with Gasteiger partial charge in [0.2, 0.25) is 0 Å². The number of hydrogen-bond acceptors (Lipinski definition) is 4. The molecular weight excluding hydrogens is 238 g/mol. The van der Waals surface area contributed by atoms with Crippen LogP contribution in [0.15, 0.2) is 0 Å². The summed E-state index contributed by atoms with van der Waals surface area (Å²) < 4.78 is 22.8. The van der Waals surface area contributed by atoms with E-state index in [1.54, 1.807) is 6.92 Å². The molecule has 2 bridgehead atoms. The van der Waals surface area contributed by atoms with Crippen molar-refractivity contribution in [2.45, 2.75) is 38.2 Å². The number of nitrogens with zero attached hydrogens (tertiary/aromatic N) is 1. The van der Waals surface area contributed by atoms with Gasteiger partial charge < -0.3 is 10.0 Å². The SMILES string of the molecule is CCS(=O)(=O)CCCC1(O)CCN2CCC1C2. The Morgan fingerprint density at radius 2 is 2.18 bits per heavy atom. The van der Waals surface area contributed by atoms with Crippen molar-refractivity contribution in [3.63, 3.8) is 0 Å². The normalized spacial score (nSPS) is 37.3. The van der Waals surface area contributed by atoms with Crippen molar-refractivity contribution in [1.82, 2.24) is 4.90 Å². The van der Waals surface area contributed by atoms with Crippen molar-refractivity contribution in [2.24, 2.45) is 5.92 Å². The second kappa shape index (κ2) is 4.86. The summed E-state index contributed by atoms with van der Waals surface area (Å²) in [5.41, 5.74) is -0.601. The summed E-state index contributed by atoms with van der Waals surface area (Å²) in [5, 5.41) is 10.6. The zero-order chi connectivity index (χ0) is 12.5. The van der Waals surface area contributed by atoms with E-state index in [1.807, 2.05) is 0 Å². The van der Waals surface area contributed by atoms with Gasteiger partial charge in [0.25, 0.3) is 0 Å². The number of piperidine rings is 1. The molecule has 5 heteroatoms. The van der Waals surface area contributed by atoms with Gasteiger partial charge in [0, 0.05) is 24.8 Å². The minimum atomic E-state index is -2.88. The molecular formula is C12H23NO3S. The first-order chi connectivity index (χ1) is 7.95. The van der Waals surface area contributed by atoms with Crippen LogP contribution in [0.3, 0.4) is 0 Å². The highest BCUT2D eigenvalue weighted by Gasteiger charge is 2.44. The van der Waals surface area contributed by atoms with Crippen LogP contribution in [0, 0.1) is 5.92 Å². The molecule has 0 aromatic heterocycles. The fourth-order valence-electron chi connectivity index (χ4n) is 3.10. The highest BCUT2D eigenvalue weighted by atomic mass is 32.2. The van der Waals surface area contributed by atoms with Gasteiger partial charge in [-0.15, -0.1) is 0 Å². The number of fused-ring (bicyclic) bond motifs is 2. The molecule has 17 heavy (non-hydrogen) atoms. The number of sulfone groups is 1. The van der Waals surface area contributed by atoms with Gasteiger partial charge in [0.1, 0.15) is 9.84 Å². The van der Waals surface area contributed by atoms with Crippen LogP contribution in [0.25, 0.3) is 0 Å². The molecule has 0 amide bonds. The lowest BCUT2D eigenvalue weighted by Gasteiger charge is -2.38. The van der Waals surface area contributed by atoms with Crippen LogP contribution < -0.4 is 0 Å². The predicted octanol–water partition coefficient (Wildman–Crippen LogP) is 0.658. The fourth-order valence-corrected chi connectivity index (χ4v) is 3.97. The molecule has 3 unspecified atom stereocenters. The molecule has 2 heterocycles. The Bertz CT molecular complexity index is 368. The van der Waals surface area contributed by atoms with Gasteiger partial charge in [-0.1, -0.05) is 6.92 Å². The van der Waals surface area contributed by atoms with E-state index in [0.717, 1.165) is 32.5 Å². The Labute approximate surface area is 104 Å². The van der Waals surface area contributed by atoms with E-state index in [9.17, 15) is 13.5 Å². The van der Waals surface area contributed by atoms with Gasteiger partial charge in [0.05, 0.1) is 11.4 Å². The third-order valence-corrected chi connectivity index (χ3v) is 6.19. The molecule has 2 rings (SSSR count). The van der Waals surface area contributed by atoms with Crippen molar-refractivity contribution >= 4 is 9.84 Å². The molecule has 0 radical (unpaired) electrons. The van der Waals surface area contributed by atoms with Crippen LogP contribution in [-0.4, -0.2) is 55.2 Å². The zero-order valence-electron chi connectivity index (χ0n) is 10.6. The number of hydrogen-bond donors (Lipinski definition) is 1. The van der Waals surface area contributed by atoms with Crippen molar-refractivity contribution in [1.29, 1.82) is 0 Å². The third kappa shape index (κ3) is 3.01. The molecule has 0 aliphatic carbocycles. The Kier molecular flexibility index (Phi) is 3.80. The maximum atomic E-state index is 11.4. The van der Waals surface area contributed by atoms with E-state index in [1.165, 1.54) is 0 Å². The van der Waals surface area contributed by atoms with Crippen LogP contribution in [0.4, 0.5) is 0 Å². The van der Waals surface area contributed by atoms with E-state index in [0.29, 0.717) is 18.8 Å². The minimum Gasteiger partial charge on any atom is -0.390 e. The molecule has 0 aromatic carbocycles. The lowest BCUT2D eigenvalue weighted by molar-refractivity contribution is -0.0512. The molecule has 0 aromatic rings. The van der Waals surface area contributed by atoms with E-state index in [2.05, 4.69) is 4.90 Å². The summed E-state index contributed by atoms with van der Waals surface area (Å²) in [5.74, 6) is 0.797. The van der Waals surface area contributed by atoms with Crippen LogP contribution >= 0.6 is 0 Å². The second-order valence-electron chi connectivity index (χ2n) is 5.48. The van der Waals surface area contributed by atoms with Crippen molar-refractivity contribution < 1.29 is 13.5 Å². The lowest BCUT2D eigenvalue weighted by atomic mass is 9.79. The Morgan fingerprint density at radius 1 is 1.41 bits per heavy atom. The standard InChI is InChI=1S/C12H23NO3S/c1-2-17(15,16)9-3-5-12(14)6-8-13-7-4-11(12)10-13/h11,14H,2-10H2,1H3. The summed E-state index contributed by atoms with van der Waals surface area (Å²) in [7, 11) is -2.88. The molecule has 2 fully saturated rings. The highest BCUT2D eigenvalue weighted by molar-refractivity contribution is 7.91. The van der Waals surface area contributed by atoms with Crippen molar-refractivity contribution in [3.8, 4) is 0 Å². The van der Waals surface area contributed by atoms with Crippen molar-refractivity contribution in [3.05, 3.63) is 0 Å². The number of aliphatic hydroxyl groups is 1. The summed E-state index contributed by atoms with van der Waals surface area (Å²) in [6, 6.07) is 0. The molecule has 3 atom stereocenters. The monoisotopic (exact) mass is 261 g/mol. The summed E-state index contributed by atoms with van der Waals surface area (Å²) in [6.07, 6.45) is 3.12. The van der Waals surface area contributed by atoms with E-state index in [4.69, 9.17) is 0 Å². The second-order valence-corrected chi connectivity index (χ2v) is 7.95. The smallest absolute Gasteiger partial charge is 0.150 e. The molecule has 2 aliphatic heterocycles. The molecule has 4 nitrogen and oxygen atoms in total. The molecule has 100 valence electrons. The number of rotatable bonds is 5. The first-order valence-corrected chi connectivity index (χ1v) is 8.42. The van der Waals surface area contributed by atoms with Crippen molar-refractivity contribution in [2.75, 3.05) is 31.1 Å². The maximum absolute atomic E-state index is 11.4. The van der Waals surface area contributed by atoms with Crippen LogP contribution in [0.5, 0.6) is 0 Å². The topological polar surface area (TPSA) is 57.6 Å². The van der Waals surface area contributed by atoms with Crippen LogP contribution in [-0.2, 0) is 9.84 Å². The van der Waals surface area contributed by atoms with E-state index >= 15 is 0 Å². The van der Waals surface area contributed by atoms with Gasteiger partial charge in [-0.25, -0.2) is 8.42 Å². The maximum Gasteiger partial charge on any atom is 0.150 e. The average Bonchev–Trinajstić information content (AvgIpc) is 2.70. The van der Waals surface area contributed by atoms with Gasteiger partial charge in [0.15, 0.2) is 0 Å². The van der Waals surface area contributed by atoms with Gasteiger partial charge in [-0.3, -0.25) is 0 Å². The van der Waals surface area contributed by atoms with Gasteiger partial charge in [-0.2, -0.15) is 0 Å². The quantitative estimate of drug-likeness (QED) is 0.790. The third-order valence-electron chi connectivity index (χ3n) is 4.40. The van der Waals surface area contributed by atoms with Crippen LogP contribution in [0.2, 0.25) is 0 Å². The molecule has 0 spiro atoms. The molecule has 2 saturated heterocycles. The van der Waals surface area contributed by atoms with Crippen LogP contribution in [0.1, 0.15) is 32.6 Å². The fraction of sp³-hybridized carbons (Fsp3) is 1.00. The molecule has 2 aliphatic rings. The average molecular weight is 261 g/mol. The first-order valence-electron chi connectivity index (χ1n) is 6.60. The largest absolute Gasteiger partial charge is 0.390 e.